The Balaban J connectivity index is 2.32. The van der Waals surface area contributed by atoms with Crippen LogP contribution in [0.4, 0.5) is 5.82 Å². The van der Waals surface area contributed by atoms with Gasteiger partial charge in [-0.25, -0.2) is 4.68 Å². The minimum Gasteiger partial charge on any atom is -0.383 e. The molecule has 0 aromatic carbocycles. The van der Waals surface area contributed by atoms with E-state index in [1.807, 2.05) is 10.9 Å². The average molecular weight is 293 g/mol. The Bertz CT molecular complexity index is 257. The summed E-state index contributed by atoms with van der Waals surface area (Å²) in [5.74, 6) is 0.803. The van der Waals surface area contributed by atoms with Gasteiger partial charge < -0.3 is 5.73 Å². The maximum Gasteiger partial charge on any atom is 0.135 e. The predicted octanol–water partition coefficient (Wildman–Crippen LogP) is 2.65. The second kappa shape index (κ2) is 5.47. The lowest BCUT2D eigenvalue weighted by Crippen LogP contribution is -2.05. The molecule has 2 N–H and O–H groups in total. The smallest absolute Gasteiger partial charge is 0.135 e. The van der Waals surface area contributed by atoms with Crippen LogP contribution in [-0.2, 0) is 6.54 Å². The summed E-state index contributed by atoms with van der Waals surface area (Å²) in [6.45, 7) is 3.17. The van der Waals surface area contributed by atoms with Crippen LogP contribution in [0.15, 0.2) is 6.20 Å². The normalized spacial score (nSPS) is 10.6. The molecule has 0 atom stereocenters. The first-order valence-electron chi connectivity index (χ1n) is 4.72. The number of anilines is 1. The van der Waals surface area contributed by atoms with E-state index in [2.05, 4.69) is 34.6 Å². The van der Waals surface area contributed by atoms with E-state index in [0.29, 0.717) is 0 Å². The van der Waals surface area contributed by atoms with E-state index in [1.165, 1.54) is 25.7 Å². The van der Waals surface area contributed by atoms with E-state index in [1.54, 1.807) is 0 Å². The average Bonchev–Trinajstić information content (AvgIpc) is 2.43. The fraction of sp³-hybridized carbons (Fsp3) is 0.667. The summed E-state index contributed by atoms with van der Waals surface area (Å²) in [6, 6.07) is 0. The zero-order valence-electron chi connectivity index (χ0n) is 7.96. The SMILES string of the molecule is CCCCCCn1ncc(I)c1N. The highest BCUT2D eigenvalue weighted by Crippen LogP contribution is 2.14. The molecular weight excluding hydrogens is 277 g/mol. The molecule has 1 aromatic heterocycles. The quantitative estimate of drug-likeness (QED) is 0.670. The number of nitrogen functional groups attached to an aromatic ring is 1. The Morgan fingerprint density at radius 2 is 2.23 bits per heavy atom. The summed E-state index contributed by atoms with van der Waals surface area (Å²) in [6.07, 6.45) is 6.84. The molecule has 3 nitrogen and oxygen atoms in total. The molecule has 1 aromatic rings. The van der Waals surface area contributed by atoms with Crippen LogP contribution < -0.4 is 5.73 Å². The van der Waals surface area contributed by atoms with Gasteiger partial charge in [0.1, 0.15) is 5.82 Å². The van der Waals surface area contributed by atoms with Crippen LogP contribution in [0.1, 0.15) is 32.6 Å². The van der Waals surface area contributed by atoms with Gasteiger partial charge in [0.15, 0.2) is 0 Å². The second-order valence-corrected chi connectivity index (χ2v) is 4.32. The lowest BCUT2D eigenvalue weighted by molar-refractivity contribution is 0.547. The minimum absolute atomic E-state index is 0.803. The van der Waals surface area contributed by atoms with Crippen molar-refractivity contribution in [3.63, 3.8) is 0 Å². The van der Waals surface area contributed by atoms with Crippen molar-refractivity contribution in [2.75, 3.05) is 5.73 Å². The van der Waals surface area contributed by atoms with Crippen LogP contribution in [0.2, 0.25) is 0 Å². The fourth-order valence-electron chi connectivity index (χ4n) is 1.24. The van der Waals surface area contributed by atoms with Crippen LogP contribution in [0.3, 0.4) is 0 Å². The molecule has 74 valence electrons. The van der Waals surface area contributed by atoms with Gasteiger partial charge in [0.05, 0.1) is 9.77 Å². The van der Waals surface area contributed by atoms with E-state index in [-0.39, 0.29) is 0 Å². The van der Waals surface area contributed by atoms with Crippen molar-refractivity contribution in [2.45, 2.75) is 39.2 Å². The van der Waals surface area contributed by atoms with E-state index in [0.717, 1.165) is 15.9 Å². The summed E-state index contributed by atoms with van der Waals surface area (Å²) in [7, 11) is 0. The van der Waals surface area contributed by atoms with Crippen molar-refractivity contribution in [2.24, 2.45) is 0 Å². The van der Waals surface area contributed by atoms with Gasteiger partial charge in [-0.05, 0) is 29.0 Å². The van der Waals surface area contributed by atoms with E-state index >= 15 is 0 Å². The minimum atomic E-state index is 0.803. The number of nitrogens with zero attached hydrogens (tertiary/aromatic N) is 2. The third-order valence-electron chi connectivity index (χ3n) is 2.06. The predicted molar refractivity (Wildman–Crippen MR) is 63.5 cm³/mol. The maximum atomic E-state index is 5.81. The fourth-order valence-corrected chi connectivity index (χ4v) is 1.64. The zero-order chi connectivity index (χ0) is 9.68. The van der Waals surface area contributed by atoms with Crippen molar-refractivity contribution in [1.29, 1.82) is 0 Å². The number of unbranched alkanes of at least 4 members (excludes halogenated alkanes) is 3. The van der Waals surface area contributed by atoms with E-state index < -0.39 is 0 Å². The number of aromatic nitrogens is 2. The molecule has 1 heterocycles. The third-order valence-corrected chi connectivity index (χ3v) is 2.89. The molecule has 0 fully saturated rings. The van der Waals surface area contributed by atoms with E-state index in [9.17, 15) is 0 Å². The molecule has 0 saturated heterocycles. The Morgan fingerprint density at radius 1 is 1.46 bits per heavy atom. The van der Waals surface area contributed by atoms with Gasteiger partial charge in [0, 0.05) is 6.54 Å². The molecule has 0 unspecified atom stereocenters. The monoisotopic (exact) mass is 293 g/mol. The molecule has 0 aliphatic rings. The van der Waals surface area contributed by atoms with Crippen LogP contribution in [0.25, 0.3) is 0 Å². The largest absolute Gasteiger partial charge is 0.383 e. The molecule has 0 bridgehead atoms. The molecular formula is C9H16IN3. The summed E-state index contributed by atoms with van der Waals surface area (Å²) in [4.78, 5) is 0. The number of hydrogen-bond acceptors (Lipinski definition) is 2. The third kappa shape index (κ3) is 3.17. The number of rotatable bonds is 5. The van der Waals surface area contributed by atoms with Crippen molar-refractivity contribution in [3.8, 4) is 0 Å². The molecule has 0 saturated carbocycles. The highest BCUT2D eigenvalue weighted by Gasteiger charge is 2.02. The van der Waals surface area contributed by atoms with Crippen molar-refractivity contribution in [1.82, 2.24) is 9.78 Å². The van der Waals surface area contributed by atoms with Crippen LogP contribution >= 0.6 is 22.6 Å². The van der Waals surface area contributed by atoms with E-state index in [4.69, 9.17) is 5.73 Å². The van der Waals surface area contributed by atoms with Gasteiger partial charge in [-0.1, -0.05) is 26.2 Å². The molecule has 13 heavy (non-hydrogen) atoms. The molecule has 0 radical (unpaired) electrons. The Morgan fingerprint density at radius 3 is 2.77 bits per heavy atom. The number of halogens is 1. The number of aryl methyl sites for hydroxylation is 1. The lowest BCUT2D eigenvalue weighted by atomic mass is 10.2. The van der Waals surface area contributed by atoms with Crippen molar-refractivity contribution in [3.05, 3.63) is 9.77 Å². The zero-order valence-corrected chi connectivity index (χ0v) is 10.1. The number of hydrogen-bond donors (Lipinski definition) is 1. The van der Waals surface area contributed by atoms with Gasteiger partial charge in [-0.15, -0.1) is 0 Å². The molecule has 0 amide bonds. The Hall–Kier alpha value is -0.260. The van der Waals surface area contributed by atoms with Gasteiger partial charge in [0.2, 0.25) is 0 Å². The first-order valence-corrected chi connectivity index (χ1v) is 5.80. The van der Waals surface area contributed by atoms with Gasteiger partial charge in [-0.3, -0.25) is 0 Å². The van der Waals surface area contributed by atoms with Crippen molar-refractivity contribution < 1.29 is 0 Å². The number of nitrogens with two attached hydrogens (primary N) is 1. The van der Waals surface area contributed by atoms with Gasteiger partial charge in [0.25, 0.3) is 0 Å². The molecule has 1 rings (SSSR count). The lowest BCUT2D eigenvalue weighted by Gasteiger charge is -2.03. The molecule has 0 aliphatic heterocycles. The molecule has 0 spiro atoms. The summed E-state index contributed by atoms with van der Waals surface area (Å²) in [5.41, 5.74) is 5.81. The summed E-state index contributed by atoms with van der Waals surface area (Å²) < 4.78 is 2.94. The Kier molecular flexibility index (Phi) is 4.55. The van der Waals surface area contributed by atoms with Crippen LogP contribution in [0.5, 0.6) is 0 Å². The first-order chi connectivity index (χ1) is 6.25. The molecule has 0 aliphatic carbocycles. The first kappa shape index (κ1) is 10.8. The van der Waals surface area contributed by atoms with Crippen molar-refractivity contribution >= 4 is 28.4 Å². The summed E-state index contributed by atoms with van der Waals surface area (Å²) in [5, 5.41) is 4.20. The summed E-state index contributed by atoms with van der Waals surface area (Å²) >= 11 is 2.21. The molecule has 4 heteroatoms. The maximum absolute atomic E-state index is 5.81. The van der Waals surface area contributed by atoms with Crippen LogP contribution in [0, 0.1) is 3.57 Å². The second-order valence-electron chi connectivity index (χ2n) is 3.16. The van der Waals surface area contributed by atoms with Crippen LogP contribution in [-0.4, -0.2) is 9.78 Å². The standard InChI is InChI=1S/C9H16IN3/c1-2-3-4-5-6-13-9(11)8(10)7-12-13/h7H,2-6,11H2,1H3. The van der Waals surface area contributed by atoms with Gasteiger partial charge in [-0.2, -0.15) is 5.10 Å². The topological polar surface area (TPSA) is 43.8 Å². The van der Waals surface area contributed by atoms with Gasteiger partial charge >= 0.3 is 0 Å². The Labute approximate surface area is 92.8 Å². The highest BCUT2D eigenvalue weighted by molar-refractivity contribution is 14.1. The highest BCUT2D eigenvalue weighted by atomic mass is 127.